The number of nitrogens with one attached hydrogen (secondary N) is 1. The molecule has 8 nitrogen and oxygen atoms in total. The SMILES string of the molecule is CC(C)(CCCOc1ccccc1)C1=Cn2cc(C(=O)O)c(=O)c3cc(F)c(N4CCNCC4)c(c32)O1. The Balaban J connectivity index is 1.52. The van der Waals surface area contributed by atoms with Crippen LogP contribution >= 0.6 is 0 Å². The number of piperazine rings is 1. The molecule has 9 heteroatoms. The Bertz CT molecular complexity index is 1430. The fourth-order valence-electron chi connectivity index (χ4n) is 4.90. The Morgan fingerprint density at radius 2 is 1.95 bits per heavy atom. The number of benzene rings is 2. The first-order valence-electron chi connectivity index (χ1n) is 12.4. The van der Waals surface area contributed by atoms with Crippen LogP contribution in [0.4, 0.5) is 10.1 Å². The normalized spacial score (nSPS) is 15.3. The summed E-state index contributed by atoms with van der Waals surface area (Å²) < 4.78 is 29.4. The molecule has 0 radical (unpaired) electrons. The van der Waals surface area contributed by atoms with Crippen molar-refractivity contribution in [3.05, 3.63) is 70.0 Å². The van der Waals surface area contributed by atoms with Crippen molar-refractivity contribution in [2.75, 3.05) is 37.7 Å². The number of hydrogen-bond donors (Lipinski definition) is 2. The number of hydrogen-bond acceptors (Lipinski definition) is 6. The molecule has 5 rings (SSSR count). The van der Waals surface area contributed by atoms with Crippen LogP contribution in [0, 0.1) is 11.2 Å². The van der Waals surface area contributed by atoms with Crippen LogP contribution in [0.1, 0.15) is 37.0 Å². The summed E-state index contributed by atoms with van der Waals surface area (Å²) in [6, 6.07) is 10.7. The Morgan fingerprint density at radius 3 is 2.65 bits per heavy atom. The third kappa shape index (κ3) is 4.79. The molecule has 2 N–H and O–H groups in total. The highest BCUT2D eigenvalue weighted by Crippen LogP contribution is 2.45. The summed E-state index contributed by atoms with van der Waals surface area (Å²) in [6.45, 7) is 7.10. The lowest BCUT2D eigenvalue weighted by Crippen LogP contribution is -2.44. The molecule has 0 amide bonds. The summed E-state index contributed by atoms with van der Waals surface area (Å²) in [6.07, 6.45) is 4.45. The van der Waals surface area contributed by atoms with Crippen molar-refractivity contribution in [1.29, 1.82) is 0 Å². The van der Waals surface area contributed by atoms with Crippen molar-refractivity contribution >= 4 is 28.8 Å². The second kappa shape index (κ2) is 9.89. The first kappa shape index (κ1) is 24.8. The Morgan fingerprint density at radius 1 is 1.22 bits per heavy atom. The van der Waals surface area contributed by atoms with Gasteiger partial charge in [-0.2, -0.15) is 0 Å². The number of ether oxygens (including phenoxy) is 2. The lowest BCUT2D eigenvalue weighted by molar-refractivity contribution is 0.0695. The third-order valence-corrected chi connectivity index (χ3v) is 6.96. The summed E-state index contributed by atoms with van der Waals surface area (Å²) >= 11 is 0. The molecule has 0 bridgehead atoms. The van der Waals surface area contributed by atoms with E-state index >= 15 is 4.39 Å². The number of carbonyl (C=O) groups is 1. The molecule has 1 aromatic heterocycles. The van der Waals surface area contributed by atoms with Crippen LogP contribution in [0.5, 0.6) is 11.5 Å². The van der Waals surface area contributed by atoms with Gasteiger partial charge in [0.05, 0.1) is 12.0 Å². The Kier molecular flexibility index (Phi) is 6.64. The summed E-state index contributed by atoms with van der Waals surface area (Å²) in [4.78, 5) is 26.7. The zero-order valence-corrected chi connectivity index (χ0v) is 20.9. The van der Waals surface area contributed by atoms with Gasteiger partial charge in [-0.25, -0.2) is 9.18 Å². The Hall–Kier alpha value is -3.85. The highest BCUT2D eigenvalue weighted by atomic mass is 19.1. The fourth-order valence-corrected chi connectivity index (χ4v) is 4.90. The van der Waals surface area contributed by atoms with Crippen molar-refractivity contribution < 1.29 is 23.8 Å². The zero-order valence-electron chi connectivity index (χ0n) is 20.9. The van der Waals surface area contributed by atoms with E-state index in [9.17, 15) is 14.7 Å². The van der Waals surface area contributed by atoms with Crippen LogP contribution < -0.4 is 25.1 Å². The molecule has 1 saturated heterocycles. The molecule has 1 fully saturated rings. The van der Waals surface area contributed by atoms with Gasteiger partial charge in [0.2, 0.25) is 5.43 Å². The first-order valence-corrected chi connectivity index (χ1v) is 12.4. The number of halogens is 1. The molecule has 0 spiro atoms. The number of aromatic carboxylic acids is 1. The minimum Gasteiger partial charge on any atom is -0.494 e. The summed E-state index contributed by atoms with van der Waals surface area (Å²) in [5.41, 5.74) is -0.970. The number of aromatic nitrogens is 1. The maximum absolute atomic E-state index is 15.6. The topological polar surface area (TPSA) is 93.0 Å². The van der Waals surface area contributed by atoms with Crippen LogP contribution in [0.15, 0.2) is 53.1 Å². The molecule has 0 aliphatic carbocycles. The molecule has 2 aromatic carbocycles. The number of nitrogens with zero attached hydrogens (tertiary/aromatic N) is 2. The van der Waals surface area contributed by atoms with Crippen LogP contribution in [-0.4, -0.2) is 48.4 Å². The molecule has 3 heterocycles. The minimum absolute atomic E-state index is 0.0179. The van der Waals surface area contributed by atoms with Gasteiger partial charge in [0.15, 0.2) is 11.6 Å². The molecule has 0 unspecified atom stereocenters. The second-order valence-electron chi connectivity index (χ2n) is 10.00. The van der Waals surface area contributed by atoms with Gasteiger partial charge in [0.25, 0.3) is 0 Å². The monoisotopic (exact) mass is 507 g/mol. The van der Waals surface area contributed by atoms with Gasteiger partial charge in [0.1, 0.15) is 28.3 Å². The van der Waals surface area contributed by atoms with Gasteiger partial charge < -0.3 is 29.4 Å². The van der Waals surface area contributed by atoms with Gasteiger partial charge in [-0.3, -0.25) is 4.79 Å². The summed E-state index contributed by atoms with van der Waals surface area (Å²) in [5.74, 6) is -0.358. The van der Waals surface area contributed by atoms with Crippen LogP contribution in [0.25, 0.3) is 17.1 Å². The zero-order chi connectivity index (χ0) is 26.2. The van der Waals surface area contributed by atoms with Gasteiger partial charge >= 0.3 is 5.97 Å². The molecule has 3 aromatic rings. The van der Waals surface area contributed by atoms with Gasteiger partial charge in [-0.15, -0.1) is 0 Å². The van der Waals surface area contributed by atoms with E-state index in [0.717, 1.165) is 18.2 Å². The number of allylic oxidation sites excluding steroid dienone is 1. The van der Waals surface area contributed by atoms with Crippen molar-refractivity contribution in [2.24, 2.45) is 5.41 Å². The molecule has 2 aliphatic rings. The molecular weight excluding hydrogens is 477 g/mol. The van der Waals surface area contributed by atoms with Crippen molar-refractivity contribution in [3.63, 3.8) is 0 Å². The van der Waals surface area contributed by atoms with Gasteiger partial charge in [-0.05, 0) is 31.0 Å². The third-order valence-electron chi connectivity index (χ3n) is 6.96. The highest BCUT2D eigenvalue weighted by molar-refractivity contribution is 5.98. The molecule has 2 aliphatic heterocycles. The van der Waals surface area contributed by atoms with Crippen LogP contribution in [0.3, 0.4) is 0 Å². The highest BCUT2D eigenvalue weighted by Gasteiger charge is 2.34. The van der Waals surface area contributed by atoms with E-state index in [1.54, 1.807) is 10.8 Å². The quantitative estimate of drug-likeness (QED) is 0.439. The number of rotatable bonds is 8. The molecular formula is C28H30FN3O5. The van der Waals surface area contributed by atoms with Gasteiger partial charge in [-0.1, -0.05) is 32.0 Å². The second-order valence-corrected chi connectivity index (χ2v) is 10.00. The molecule has 0 saturated carbocycles. The predicted octanol–water partition coefficient (Wildman–Crippen LogP) is 4.32. The molecule has 0 atom stereocenters. The van der Waals surface area contributed by atoms with Crippen LogP contribution in [0.2, 0.25) is 0 Å². The van der Waals surface area contributed by atoms with Crippen molar-refractivity contribution in [1.82, 2.24) is 9.88 Å². The number of anilines is 1. The average Bonchev–Trinajstić information content (AvgIpc) is 2.89. The predicted molar refractivity (Wildman–Crippen MR) is 140 cm³/mol. The first-order chi connectivity index (χ1) is 17.8. The molecule has 37 heavy (non-hydrogen) atoms. The minimum atomic E-state index is -1.36. The maximum atomic E-state index is 15.6. The average molecular weight is 508 g/mol. The number of carboxylic acids is 1. The van der Waals surface area contributed by atoms with E-state index < -0.39 is 28.2 Å². The largest absolute Gasteiger partial charge is 0.494 e. The van der Waals surface area contributed by atoms with E-state index in [-0.39, 0.29) is 11.1 Å². The van der Waals surface area contributed by atoms with E-state index in [2.05, 4.69) is 5.32 Å². The van der Waals surface area contributed by atoms with E-state index in [0.29, 0.717) is 56.2 Å². The lowest BCUT2D eigenvalue weighted by Gasteiger charge is -2.35. The maximum Gasteiger partial charge on any atom is 0.341 e. The number of para-hydroxylation sites is 1. The Labute approximate surface area is 213 Å². The van der Waals surface area contributed by atoms with Crippen molar-refractivity contribution in [3.8, 4) is 11.5 Å². The smallest absolute Gasteiger partial charge is 0.341 e. The summed E-state index contributed by atoms with van der Waals surface area (Å²) in [7, 11) is 0. The van der Waals surface area contributed by atoms with E-state index in [4.69, 9.17) is 9.47 Å². The standard InChI is InChI=1S/C28H30FN3O5/c1-28(2,9-6-14-36-18-7-4-3-5-8-18)22-17-32-16-20(27(34)35)25(33)19-15-21(29)24(26(37-22)23(19)32)31-12-10-30-11-13-31/h3-5,7-8,15-17,30H,6,9-14H2,1-2H3,(H,34,35). The van der Waals surface area contributed by atoms with Crippen molar-refractivity contribution in [2.45, 2.75) is 26.7 Å². The summed E-state index contributed by atoms with van der Waals surface area (Å²) in [5, 5.41) is 12.9. The molecule has 194 valence electrons. The van der Waals surface area contributed by atoms with E-state index in [1.165, 1.54) is 6.20 Å². The van der Waals surface area contributed by atoms with Crippen LogP contribution in [-0.2, 0) is 0 Å². The van der Waals surface area contributed by atoms with E-state index in [1.807, 2.05) is 49.1 Å². The van der Waals surface area contributed by atoms with Gasteiger partial charge in [0, 0.05) is 44.0 Å². The fraction of sp³-hybridized carbons (Fsp3) is 0.357. The number of carboxylic acid groups (broad SMARTS) is 1. The lowest BCUT2D eigenvalue weighted by atomic mass is 9.85. The number of pyridine rings is 1.